The summed E-state index contributed by atoms with van der Waals surface area (Å²) in [7, 11) is 0. The summed E-state index contributed by atoms with van der Waals surface area (Å²) in [4.78, 5) is 10.9. The first-order valence-electron chi connectivity index (χ1n) is 6.05. The Morgan fingerprint density at radius 1 is 1.28 bits per heavy atom. The number of aliphatic hydroxyl groups excluding tert-OH is 1. The first-order valence-corrected chi connectivity index (χ1v) is 6.05. The predicted octanol–water partition coefficient (Wildman–Crippen LogP) is 0.499. The second kappa shape index (κ2) is 6.26. The van der Waals surface area contributed by atoms with E-state index in [4.69, 9.17) is 14.6 Å². The zero-order valence-electron chi connectivity index (χ0n) is 10.1. The first kappa shape index (κ1) is 12.7. The topological polar surface area (TPSA) is 67.8 Å². The Labute approximate surface area is 106 Å². The van der Waals surface area contributed by atoms with E-state index in [-0.39, 0.29) is 5.91 Å². The predicted molar refractivity (Wildman–Crippen MR) is 65.8 cm³/mol. The van der Waals surface area contributed by atoms with Crippen LogP contribution in [0.1, 0.15) is 12.0 Å². The van der Waals surface area contributed by atoms with Crippen LogP contribution < -0.4 is 14.8 Å². The fraction of sp³-hybridized carbons (Fsp3) is 0.462. The maximum atomic E-state index is 10.9. The lowest BCUT2D eigenvalue weighted by molar-refractivity contribution is -0.123. The van der Waals surface area contributed by atoms with E-state index in [0.717, 1.165) is 23.5 Å². The smallest absolute Gasteiger partial charge is 0.245 e. The third-order valence-corrected chi connectivity index (χ3v) is 2.69. The van der Waals surface area contributed by atoms with Crippen molar-refractivity contribution in [1.82, 2.24) is 5.32 Å². The number of hydrogen-bond acceptors (Lipinski definition) is 4. The van der Waals surface area contributed by atoms with Gasteiger partial charge in [0.2, 0.25) is 5.91 Å². The SMILES string of the molecule is O=C(CO)NCCc1ccc2c(c1)OCCCO2. The van der Waals surface area contributed by atoms with Gasteiger partial charge in [0, 0.05) is 13.0 Å². The molecule has 1 aromatic carbocycles. The minimum absolute atomic E-state index is 0.357. The number of ether oxygens (including phenoxy) is 2. The molecule has 2 N–H and O–H groups in total. The van der Waals surface area contributed by atoms with E-state index in [9.17, 15) is 4.79 Å². The first-order chi connectivity index (χ1) is 8.79. The molecule has 0 aromatic heterocycles. The second-order valence-electron chi connectivity index (χ2n) is 4.09. The number of aliphatic hydroxyl groups is 1. The summed E-state index contributed by atoms with van der Waals surface area (Å²) in [6.45, 7) is 1.37. The summed E-state index contributed by atoms with van der Waals surface area (Å²) < 4.78 is 11.1. The molecule has 1 amide bonds. The third kappa shape index (κ3) is 3.37. The Kier molecular flexibility index (Phi) is 4.41. The van der Waals surface area contributed by atoms with Crippen molar-refractivity contribution in [2.75, 3.05) is 26.4 Å². The molecule has 0 atom stereocenters. The molecule has 1 aromatic rings. The molecule has 0 radical (unpaired) electrons. The largest absolute Gasteiger partial charge is 0.490 e. The van der Waals surface area contributed by atoms with E-state index in [1.165, 1.54) is 0 Å². The molecule has 0 saturated carbocycles. The molecule has 0 saturated heterocycles. The lowest BCUT2D eigenvalue weighted by atomic mass is 10.1. The van der Waals surface area contributed by atoms with E-state index in [2.05, 4.69) is 5.32 Å². The average molecular weight is 251 g/mol. The van der Waals surface area contributed by atoms with Gasteiger partial charge in [0.05, 0.1) is 13.2 Å². The summed E-state index contributed by atoms with van der Waals surface area (Å²) in [5, 5.41) is 11.2. The highest BCUT2D eigenvalue weighted by Crippen LogP contribution is 2.30. The molecule has 98 valence electrons. The van der Waals surface area contributed by atoms with Crippen LogP contribution in [0, 0.1) is 0 Å². The zero-order chi connectivity index (χ0) is 12.8. The van der Waals surface area contributed by atoms with Crippen molar-refractivity contribution in [2.45, 2.75) is 12.8 Å². The Balaban J connectivity index is 1.93. The molecule has 18 heavy (non-hydrogen) atoms. The molecule has 1 aliphatic heterocycles. The molecular formula is C13H17NO4. The molecular weight excluding hydrogens is 234 g/mol. The van der Waals surface area contributed by atoms with E-state index in [1.807, 2.05) is 18.2 Å². The normalized spacial score (nSPS) is 13.8. The van der Waals surface area contributed by atoms with Gasteiger partial charge in [0.15, 0.2) is 11.5 Å². The Morgan fingerprint density at radius 2 is 2.06 bits per heavy atom. The number of fused-ring (bicyclic) bond motifs is 1. The molecule has 1 aliphatic rings. The van der Waals surface area contributed by atoms with Crippen LogP contribution in [0.15, 0.2) is 18.2 Å². The Morgan fingerprint density at radius 3 is 2.83 bits per heavy atom. The molecule has 5 nitrogen and oxygen atoms in total. The van der Waals surface area contributed by atoms with Crippen molar-refractivity contribution in [1.29, 1.82) is 0 Å². The van der Waals surface area contributed by atoms with Gasteiger partial charge < -0.3 is 19.9 Å². The van der Waals surface area contributed by atoms with Crippen molar-refractivity contribution in [3.8, 4) is 11.5 Å². The molecule has 0 bridgehead atoms. The number of nitrogens with one attached hydrogen (secondary N) is 1. The van der Waals surface area contributed by atoms with Crippen molar-refractivity contribution in [2.24, 2.45) is 0 Å². The molecule has 0 spiro atoms. The standard InChI is InChI=1S/C13H17NO4/c15-9-13(16)14-5-4-10-2-3-11-12(8-10)18-7-1-6-17-11/h2-3,8,15H,1,4-7,9H2,(H,14,16). The summed E-state index contributed by atoms with van der Waals surface area (Å²) in [6.07, 6.45) is 1.58. The van der Waals surface area contributed by atoms with Crippen LogP contribution in [-0.4, -0.2) is 37.4 Å². The van der Waals surface area contributed by atoms with Crippen molar-refractivity contribution in [3.63, 3.8) is 0 Å². The highest BCUT2D eigenvalue weighted by Gasteiger charge is 2.10. The van der Waals surface area contributed by atoms with Crippen molar-refractivity contribution < 1.29 is 19.4 Å². The summed E-state index contributed by atoms with van der Waals surface area (Å²) in [6, 6.07) is 5.79. The van der Waals surface area contributed by atoms with Gasteiger partial charge in [0.25, 0.3) is 0 Å². The lowest BCUT2D eigenvalue weighted by Gasteiger charge is -2.09. The van der Waals surface area contributed by atoms with E-state index < -0.39 is 6.61 Å². The van der Waals surface area contributed by atoms with E-state index >= 15 is 0 Å². The summed E-state index contributed by atoms with van der Waals surface area (Å²) >= 11 is 0. The summed E-state index contributed by atoms with van der Waals surface area (Å²) in [5.74, 6) is 1.18. The van der Waals surface area contributed by atoms with Crippen LogP contribution in [0.25, 0.3) is 0 Å². The van der Waals surface area contributed by atoms with Gasteiger partial charge >= 0.3 is 0 Å². The maximum Gasteiger partial charge on any atom is 0.245 e. The Hall–Kier alpha value is -1.75. The van der Waals surface area contributed by atoms with Crippen LogP contribution in [-0.2, 0) is 11.2 Å². The monoisotopic (exact) mass is 251 g/mol. The van der Waals surface area contributed by atoms with E-state index in [1.54, 1.807) is 0 Å². The number of hydrogen-bond donors (Lipinski definition) is 2. The van der Waals surface area contributed by atoms with Crippen molar-refractivity contribution in [3.05, 3.63) is 23.8 Å². The van der Waals surface area contributed by atoms with Crippen LogP contribution in [0.4, 0.5) is 0 Å². The zero-order valence-corrected chi connectivity index (χ0v) is 10.1. The average Bonchev–Trinajstić information content (AvgIpc) is 2.63. The Bertz CT molecular complexity index is 419. The molecule has 0 unspecified atom stereocenters. The van der Waals surface area contributed by atoms with E-state index in [0.29, 0.717) is 26.2 Å². The van der Waals surface area contributed by atoms with Crippen LogP contribution >= 0.6 is 0 Å². The highest BCUT2D eigenvalue weighted by atomic mass is 16.5. The number of carbonyl (C=O) groups is 1. The molecule has 0 fully saturated rings. The third-order valence-electron chi connectivity index (χ3n) is 2.69. The molecule has 5 heteroatoms. The summed E-state index contributed by atoms with van der Waals surface area (Å²) in [5.41, 5.74) is 1.07. The van der Waals surface area contributed by atoms with Gasteiger partial charge in [-0.25, -0.2) is 0 Å². The minimum atomic E-state index is -0.471. The van der Waals surface area contributed by atoms with Crippen LogP contribution in [0.5, 0.6) is 11.5 Å². The van der Waals surface area contributed by atoms with Gasteiger partial charge in [0.1, 0.15) is 6.61 Å². The number of carbonyl (C=O) groups excluding carboxylic acids is 1. The number of amides is 1. The van der Waals surface area contributed by atoms with Crippen molar-refractivity contribution >= 4 is 5.91 Å². The fourth-order valence-electron chi connectivity index (χ4n) is 1.77. The van der Waals surface area contributed by atoms with Crippen LogP contribution in [0.3, 0.4) is 0 Å². The molecule has 1 heterocycles. The van der Waals surface area contributed by atoms with Gasteiger partial charge in [-0.1, -0.05) is 6.07 Å². The fourth-order valence-corrected chi connectivity index (χ4v) is 1.77. The van der Waals surface area contributed by atoms with Gasteiger partial charge in [-0.3, -0.25) is 4.79 Å². The van der Waals surface area contributed by atoms with Gasteiger partial charge in [-0.15, -0.1) is 0 Å². The maximum absolute atomic E-state index is 10.9. The highest BCUT2D eigenvalue weighted by molar-refractivity contribution is 5.76. The van der Waals surface area contributed by atoms with Crippen LogP contribution in [0.2, 0.25) is 0 Å². The molecule has 0 aliphatic carbocycles. The quantitative estimate of drug-likeness (QED) is 0.817. The number of benzene rings is 1. The molecule has 2 rings (SSSR count). The lowest BCUT2D eigenvalue weighted by Crippen LogP contribution is -2.28. The second-order valence-corrected chi connectivity index (χ2v) is 4.09. The van der Waals surface area contributed by atoms with Gasteiger partial charge in [-0.05, 0) is 24.1 Å². The minimum Gasteiger partial charge on any atom is -0.490 e. The van der Waals surface area contributed by atoms with Gasteiger partial charge in [-0.2, -0.15) is 0 Å². The number of rotatable bonds is 4.